The molecule has 0 aliphatic carbocycles. The van der Waals surface area contributed by atoms with Crippen molar-refractivity contribution in [1.29, 1.82) is 0 Å². The monoisotopic (exact) mass is 742 g/mol. The minimum absolute atomic E-state index is 0.290. The van der Waals surface area contributed by atoms with E-state index >= 15 is 0 Å². The number of esters is 2. The van der Waals surface area contributed by atoms with Gasteiger partial charge in [0.25, 0.3) is 10.4 Å². The van der Waals surface area contributed by atoms with Gasteiger partial charge in [-0.15, -0.1) is 20.4 Å². The zero-order valence-electron chi connectivity index (χ0n) is 29.9. The van der Waals surface area contributed by atoms with Gasteiger partial charge in [-0.1, -0.05) is 102 Å². The molecule has 274 valence electrons. The molecule has 10 nitrogen and oxygen atoms in total. The van der Waals surface area contributed by atoms with Crippen LogP contribution in [0.15, 0.2) is 92.1 Å². The number of aromatic nitrogens is 4. The first-order valence-corrected chi connectivity index (χ1v) is 20.2. The lowest BCUT2D eigenvalue weighted by molar-refractivity contribution is 0.0720. The quantitative estimate of drug-likeness (QED) is 0.0289. The van der Waals surface area contributed by atoms with Crippen molar-refractivity contribution >= 4 is 35.5 Å². The number of carbonyl (C=O) groups is 2. The van der Waals surface area contributed by atoms with Crippen LogP contribution in [-0.4, -0.2) is 43.8 Å². The summed E-state index contributed by atoms with van der Waals surface area (Å²) >= 11 is 3.14. The zero-order valence-corrected chi connectivity index (χ0v) is 31.5. The summed E-state index contributed by atoms with van der Waals surface area (Å²) in [5.41, 5.74) is 2.04. The molecule has 0 unspecified atom stereocenters. The summed E-state index contributed by atoms with van der Waals surface area (Å²) in [6.45, 7) is 4.44. The van der Waals surface area contributed by atoms with Gasteiger partial charge in [0.2, 0.25) is 11.8 Å². The number of hydrogen-bond donors (Lipinski definition) is 0. The van der Waals surface area contributed by atoms with E-state index in [1.54, 1.807) is 72.1 Å². The van der Waals surface area contributed by atoms with Crippen LogP contribution in [0.3, 0.4) is 0 Å². The Morgan fingerprint density at radius 1 is 0.500 bits per heavy atom. The summed E-state index contributed by atoms with van der Waals surface area (Å²) in [4.78, 5) is 25.6. The molecule has 5 rings (SSSR count). The first kappa shape index (κ1) is 38.8. The van der Waals surface area contributed by atoms with Crippen molar-refractivity contribution in [3.05, 3.63) is 83.9 Å². The van der Waals surface area contributed by atoms with Gasteiger partial charge in [0.05, 0.1) is 11.1 Å². The lowest BCUT2D eigenvalue weighted by Gasteiger charge is -2.07. The van der Waals surface area contributed by atoms with Gasteiger partial charge in [-0.25, -0.2) is 9.59 Å². The molecule has 0 aliphatic rings. The maximum absolute atomic E-state index is 12.8. The van der Waals surface area contributed by atoms with Gasteiger partial charge in [0, 0.05) is 22.6 Å². The minimum atomic E-state index is -0.556. The number of thioether (sulfide) groups is 2. The number of unbranched alkanes of at least 4 members (excludes halogenated alkanes) is 10. The van der Waals surface area contributed by atoms with Crippen LogP contribution >= 0.6 is 23.5 Å². The number of carbonyl (C=O) groups excluding carboxylic acids is 2. The Balaban J connectivity index is 1.04. The molecule has 2 aromatic heterocycles. The summed E-state index contributed by atoms with van der Waals surface area (Å²) < 4.78 is 22.7. The lowest BCUT2D eigenvalue weighted by Crippen LogP contribution is -2.11. The normalized spacial score (nSPS) is 11.1. The van der Waals surface area contributed by atoms with E-state index in [9.17, 15) is 9.59 Å². The molecule has 12 heteroatoms. The molecule has 0 fully saturated rings. The summed E-state index contributed by atoms with van der Waals surface area (Å²) in [5, 5.41) is 17.7. The average molecular weight is 743 g/mol. The minimum Gasteiger partial charge on any atom is -0.423 e. The van der Waals surface area contributed by atoms with Gasteiger partial charge in [-0.05, 0) is 85.6 Å². The molecule has 52 heavy (non-hydrogen) atoms. The van der Waals surface area contributed by atoms with E-state index in [2.05, 4.69) is 34.2 Å². The van der Waals surface area contributed by atoms with Crippen molar-refractivity contribution in [1.82, 2.24) is 20.4 Å². The van der Waals surface area contributed by atoms with Crippen LogP contribution in [0.1, 0.15) is 112 Å². The highest BCUT2D eigenvalue weighted by atomic mass is 32.2. The highest BCUT2D eigenvalue weighted by Gasteiger charge is 2.15. The van der Waals surface area contributed by atoms with Gasteiger partial charge < -0.3 is 18.3 Å². The third-order valence-electron chi connectivity index (χ3n) is 8.24. The predicted octanol–water partition coefficient (Wildman–Crippen LogP) is 11.1. The van der Waals surface area contributed by atoms with E-state index in [1.165, 1.54) is 88.5 Å². The summed E-state index contributed by atoms with van der Waals surface area (Å²) in [6, 6.07) is 19.8. The molecule has 0 N–H and O–H groups in total. The molecule has 0 amide bonds. The van der Waals surface area contributed by atoms with Crippen LogP contribution in [0.5, 0.6) is 11.5 Å². The largest absolute Gasteiger partial charge is 0.423 e. The van der Waals surface area contributed by atoms with Crippen molar-refractivity contribution in [2.24, 2.45) is 0 Å². The van der Waals surface area contributed by atoms with Crippen LogP contribution in [-0.2, 0) is 0 Å². The maximum atomic E-state index is 12.8. The molecular formula is C40H46N4O6S2. The number of ether oxygens (including phenoxy) is 2. The maximum Gasteiger partial charge on any atom is 0.343 e. The number of hydrogen-bond acceptors (Lipinski definition) is 12. The van der Waals surface area contributed by atoms with Crippen LogP contribution in [0.2, 0.25) is 0 Å². The third kappa shape index (κ3) is 12.4. The van der Waals surface area contributed by atoms with Crippen LogP contribution < -0.4 is 9.47 Å². The Hall–Kier alpha value is -4.42. The van der Waals surface area contributed by atoms with Gasteiger partial charge >= 0.3 is 11.9 Å². The van der Waals surface area contributed by atoms with Crippen molar-refractivity contribution in [3.63, 3.8) is 0 Å². The van der Waals surface area contributed by atoms with Crippen molar-refractivity contribution in [2.45, 2.75) is 101 Å². The number of benzene rings is 3. The molecule has 0 radical (unpaired) electrons. The standard InChI is InChI=1S/C40H46N4O6S2/c1-3-5-7-9-11-13-27-51-39-43-41-35(49-39)29-19-23-33(24-20-29)47-37(45)31-15-17-32(18-16-31)38(46)48-34-25-21-30(22-26-34)36-42-44-40(50-36)52-28-14-12-10-8-6-4-2/h15-26H,3-14,27-28H2,1-2H3. The SMILES string of the molecule is CCCCCCCCSc1nnc(-c2ccc(OC(=O)c3ccc(C(=O)Oc4ccc(-c5nnc(SCCCCCCCC)o5)cc4)cc3)cc2)o1. The van der Waals surface area contributed by atoms with Gasteiger partial charge in [0.1, 0.15) is 11.5 Å². The summed E-state index contributed by atoms with van der Waals surface area (Å²) in [6.07, 6.45) is 14.9. The van der Waals surface area contributed by atoms with Crippen molar-refractivity contribution < 1.29 is 27.9 Å². The third-order valence-corrected chi connectivity index (χ3v) is 10.0. The average Bonchev–Trinajstić information content (AvgIpc) is 3.85. The van der Waals surface area contributed by atoms with Gasteiger partial charge in [-0.3, -0.25) is 0 Å². The Morgan fingerprint density at radius 2 is 0.865 bits per heavy atom. The van der Waals surface area contributed by atoms with E-state index in [4.69, 9.17) is 18.3 Å². The van der Waals surface area contributed by atoms with Gasteiger partial charge in [0.15, 0.2) is 0 Å². The second-order valence-electron chi connectivity index (χ2n) is 12.4. The second kappa shape index (κ2) is 21.2. The van der Waals surface area contributed by atoms with Crippen molar-refractivity contribution in [3.8, 4) is 34.4 Å². The Bertz CT molecular complexity index is 1670. The smallest absolute Gasteiger partial charge is 0.343 e. The first-order valence-electron chi connectivity index (χ1n) is 18.2. The Labute approximate surface area is 313 Å². The first-order chi connectivity index (χ1) is 25.5. The van der Waals surface area contributed by atoms with E-state index in [-0.39, 0.29) is 11.1 Å². The summed E-state index contributed by atoms with van der Waals surface area (Å²) in [5.74, 6) is 2.33. The van der Waals surface area contributed by atoms with E-state index in [0.29, 0.717) is 33.7 Å². The molecule has 0 atom stereocenters. The van der Waals surface area contributed by atoms with Gasteiger partial charge in [-0.2, -0.15) is 0 Å². The van der Waals surface area contributed by atoms with Crippen LogP contribution in [0.25, 0.3) is 22.9 Å². The molecule has 0 spiro atoms. The van der Waals surface area contributed by atoms with Crippen LogP contribution in [0, 0.1) is 0 Å². The highest BCUT2D eigenvalue weighted by Crippen LogP contribution is 2.28. The Morgan fingerprint density at radius 3 is 1.25 bits per heavy atom. The fraction of sp³-hybridized carbons (Fsp3) is 0.400. The Kier molecular flexibility index (Phi) is 15.8. The molecular weight excluding hydrogens is 697 g/mol. The molecule has 3 aromatic carbocycles. The molecule has 2 heterocycles. The molecule has 0 saturated carbocycles. The fourth-order valence-electron chi connectivity index (χ4n) is 5.26. The predicted molar refractivity (Wildman–Crippen MR) is 204 cm³/mol. The summed E-state index contributed by atoms with van der Waals surface area (Å²) in [7, 11) is 0. The fourth-order valence-corrected chi connectivity index (χ4v) is 6.78. The number of rotatable bonds is 22. The second-order valence-corrected chi connectivity index (χ2v) is 14.5. The van der Waals surface area contributed by atoms with E-state index < -0.39 is 11.9 Å². The topological polar surface area (TPSA) is 130 Å². The van der Waals surface area contributed by atoms with Crippen molar-refractivity contribution in [2.75, 3.05) is 11.5 Å². The van der Waals surface area contributed by atoms with Crippen LogP contribution in [0.4, 0.5) is 0 Å². The van der Waals surface area contributed by atoms with E-state index in [1.807, 2.05) is 0 Å². The molecule has 0 aliphatic heterocycles. The molecule has 0 saturated heterocycles. The highest BCUT2D eigenvalue weighted by molar-refractivity contribution is 7.99. The molecule has 5 aromatic rings. The molecule has 0 bridgehead atoms. The number of nitrogens with zero attached hydrogens (tertiary/aromatic N) is 4. The van der Waals surface area contributed by atoms with E-state index in [0.717, 1.165) is 35.5 Å². The zero-order chi connectivity index (χ0) is 36.4. The lowest BCUT2D eigenvalue weighted by atomic mass is 10.1.